The molecule has 4 nitrogen and oxygen atoms in total. The Hall–Kier alpha value is -2.14. The fourth-order valence-electron chi connectivity index (χ4n) is 2.13. The monoisotopic (exact) mass is 314 g/mol. The van der Waals surface area contributed by atoms with Gasteiger partial charge in [0.15, 0.2) is 0 Å². The molecule has 3 N–H and O–H groups in total. The maximum atomic E-state index is 7.74. The molecule has 0 aliphatic heterocycles. The average Bonchev–Trinajstić information content (AvgIpc) is 2.81. The third-order valence-corrected chi connectivity index (χ3v) is 3.63. The number of halogens is 1. The lowest BCUT2D eigenvalue weighted by Crippen LogP contribution is -2.15. The van der Waals surface area contributed by atoms with Crippen LogP contribution in [-0.2, 0) is 0 Å². The molecule has 0 fully saturated rings. The number of aromatic nitrogens is 2. The number of hydrogen-bond acceptors (Lipinski definition) is 2. The quantitative estimate of drug-likeness (QED) is 0.564. The van der Waals surface area contributed by atoms with E-state index in [0.717, 1.165) is 21.2 Å². The molecule has 1 heterocycles. The zero-order valence-electron chi connectivity index (χ0n) is 9.97. The van der Waals surface area contributed by atoms with E-state index >= 15 is 0 Å². The first-order valence-corrected chi connectivity index (χ1v) is 6.53. The molecule has 0 spiro atoms. The summed E-state index contributed by atoms with van der Waals surface area (Å²) in [6.07, 6.45) is 1.75. The van der Waals surface area contributed by atoms with Gasteiger partial charge < -0.3 is 5.73 Å². The summed E-state index contributed by atoms with van der Waals surface area (Å²) in [4.78, 5) is 4.36. The van der Waals surface area contributed by atoms with E-state index in [2.05, 4.69) is 20.9 Å². The zero-order valence-corrected chi connectivity index (χ0v) is 11.6. The van der Waals surface area contributed by atoms with Crippen molar-refractivity contribution in [2.45, 2.75) is 0 Å². The van der Waals surface area contributed by atoms with E-state index in [1.54, 1.807) is 6.33 Å². The van der Waals surface area contributed by atoms with Crippen LogP contribution < -0.4 is 5.73 Å². The number of para-hydroxylation sites is 2. The standard InChI is InChI=1S/C14H11BrN4/c15-9-4-3-7-12(13(9)14(16)17)19-8-18-10-5-1-2-6-11(10)19/h1-8H,(H3,16,17). The molecule has 1 aromatic heterocycles. The van der Waals surface area contributed by atoms with E-state index in [1.807, 2.05) is 47.0 Å². The Kier molecular flexibility index (Phi) is 2.83. The number of imidazole rings is 1. The second kappa shape index (κ2) is 4.51. The van der Waals surface area contributed by atoms with Crippen LogP contribution in [0.2, 0.25) is 0 Å². The van der Waals surface area contributed by atoms with Crippen LogP contribution in [0.25, 0.3) is 16.7 Å². The number of hydrogen-bond donors (Lipinski definition) is 2. The largest absolute Gasteiger partial charge is 0.384 e. The number of nitrogens with one attached hydrogen (secondary N) is 1. The molecule has 0 unspecified atom stereocenters. The van der Waals surface area contributed by atoms with E-state index in [9.17, 15) is 0 Å². The van der Waals surface area contributed by atoms with Gasteiger partial charge in [0.1, 0.15) is 12.2 Å². The predicted octanol–water partition coefficient (Wildman–Crippen LogP) is 3.07. The number of nitrogen functional groups attached to an aromatic ring is 1. The van der Waals surface area contributed by atoms with Crippen LogP contribution in [0.1, 0.15) is 5.56 Å². The highest BCUT2D eigenvalue weighted by Gasteiger charge is 2.13. The molecule has 0 atom stereocenters. The van der Waals surface area contributed by atoms with Crippen LogP contribution in [-0.4, -0.2) is 15.4 Å². The molecule has 0 radical (unpaired) electrons. The summed E-state index contributed by atoms with van der Waals surface area (Å²) in [6, 6.07) is 13.6. The van der Waals surface area contributed by atoms with Gasteiger partial charge in [-0.05, 0) is 40.2 Å². The number of nitrogens with zero attached hydrogens (tertiary/aromatic N) is 2. The van der Waals surface area contributed by atoms with Crippen LogP contribution in [0.15, 0.2) is 53.3 Å². The number of nitrogens with two attached hydrogens (primary N) is 1. The summed E-state index contributed by atoms with van der Waals surface area (Å²) >= 11 is 3.44. The lowest BCUT2D eigenvalue weighted by atomic mass is 10.1. The summed E-state index contributed by atoms with van der Waals surface area (Å²) in [5.74, 6) is 0.0280. The highest BCUT2D eigenvalue weighted by Crippen LogP contribution is 2.26. The van der Waals surface area contributed by atoms with Crippen molar-refractivity contribution in [2.75, 3.05) is 0 Å². The van der Waals surface area contributed by atoms with Gasteiger partial charge in [0.05, 0.1) is 22.3 Å². The van der Waals surface area contributed by atoms with Crippen molar-refractivity contribution in [1.29, 1.82) is 5.41 Å². The van der Waals surface area contributed by atoms with Crippen LogP contribution in [0.4, 0.5) is 0 Å². The SMILES string of the molecule is N=C(N)c1c(Br)cccc1-n1cnc2ccccc21. The molecule has 19 heavy (non-hydrogen) atoms. The molecule has 2 aromatic carbocycles. The fraction of sp³-hybridized carbons (Fsp3) is 0. The smallest absolute Gasteiger partial charge is 0.126 e. The minimum Gasteiger partial charge on any atom is -0.384 e. The molecule has 0 aliphatic rings. The van der Waals surface area contributed by atoms with Gasteiger partial charge in [-0.2, -0.15) is 0 Å². The Morgan fingerprint density at radius 3 is 2.74 bits per heavy atom. The Balaban J connectivity index is 2.33. The first-order chi connectivity index (χ1) is 9.18. The van der Waals surface area contributed by atoms with Gasteiger partial charge in [-0.15, -0.1) is 0 Å². The minimum atomic E-state index is 0.0280. The van der Waals surface area contributed by atoms with Crippen molar-refractivity contribution < 1.29 is 0 Å². The molecular formula is C14H11BrN4. The van der Waals surface area contributed by atoms with E-state index in [-0.39, 0.29) is 5.84 Å². The van der Waals surface area contributed by atoms with Crippen molar-refractivity contribution in [2.24, 2.45) is 5.73 Å². The molecule has 0 saturated heterocycles. The van der Waals surface area contributed by atoms with Crippen LogP contribution in [0.5, 0.6) is 0 Å². The van der Waals surface area contributed by atoms with Gasteiger partial charge in [-0.3, -0.25) is 9.98 Å². The van der Waals surface area contributed by atoms with Crippen molar-refractivity contribution in [1.82, 2.24) is 9.55 Å². The Morgan fingerprint density at radius 2 is 1.95 bits per heavy atom. The van der Waals surface area contributed by atoms with E-state index in [4.69, 9.17) is 11.1 Å². The summed E-state index contributed by atoms with van der Waals surface area (Å²) in [5, 5.41) is 7.74. The lowest BCUT2D eigenvalue weighted by molar-refractivity contribution is 1.08. The number of amidine groups is 1. The topological polar surface area (TPSA) is 67.7 Å². The summed E-state index contributed by atoms with van der Waals surface area (Å²) in [7, 11) is 0. The van der Waals surface area contributed by atoms with Gasteiger partial charge >= 0.3 is 0 Å². The first-order valence-electron chi connectivity index (χ1n) is 5.74. The van der Waals surface area contributed by atoms with E-state index in [0.29, 0.717) is 5.56 Å². The molecule has 3 rings (SSSR count). The number of fused-ring (bicyclic) bond motifs is 1. The van der Waals surface area contributed by atoms with Gasteiger partial charge in [0, 0.05) is 4.47 Å². The predicted molar refractivity (Wildman–Crippen MR) is 79.8 cm³/mol. The average molecular weight is 315 g/mol. The van der Waals surface area contributed by atoms with Gasteiger partial charge in [0.2, 0.25) is 0 Å². The minimum absolute atomic E-state index is 0.0280. The van der Waals surface area contributed by atoms with E-state index < -0.39 is 0 Å². The normalized spacial score (nSPS) is 10.8. The van der Waals surface area contributed by atoms with Gasteiger partial charge in [0.25, 0.3) is 0 Å². The maximum Gasteiger partial charge on any atom is 0.126 e. The molecule has 3 aromatic rings. The second-order valence-electron chi connectivity index (χ2n) is 4.15. The van der Waals surface area contributed by atoms with Crippen LogP contribution in [0, 0.1) is 5.41 Å². The first kappa shape index (κ1) is 11.9. The van der Waals surface area contributed by atoms with Gasteiger partial charge in [-0.25, -0.2) is 4.98 Å². The third-order valence-electron chi connectivity index (χ3n) is 2.97. The van der Waals surface area contributed by atoms with Crippen molar-refractivity contribution in [3.05, 3.63) is 58.8 Å². The van der Waals surface area contributed by atoms with Crippen molar-refractivity contribution in [3.63, 3.8) is 0 Å². The molecular weight excluding hydrogens is 304 g/mol. The fourth-order valence-corrected chi connectivity index (χ4v) is 2.70. The summed E-state index contributed by atoms with van der Waals surface area (Å²) < 4.78 is 2.74. The Morgan fingerprint density at radius 1 is 1.16 bits per heavy atom. The molecule has 0 amide bonds. The Bertz CT molecular complexity index is 776. The van der Waals surface area contributed by atoms with Crippen molar-refractivity contribution >= 4 is 32.8 Å². The van der Waals surface area contributed by atoms with Crippen molar-refractivity contribution in [3.8, 4) is 5.69 Å². The number of benzene rings is 2. The molecule has 94 valence electrons. The Labute approximate surface area is 118 Å². The summed E-state index contributed by atoms with van der Waals surface area (Å²) in [6.45, 7) is 0. The molecule has 0 aliphatic carbocycles. The molecule has 0 bridgehead atoms. The summed E-state index contributed by atoms with van der Waals surface area (Å²) in [5.41, 5.74) is 9.10. The molecule has 0 saturated carbocycles. The highest BCUT2D eigenvalue weighted by atomic mass is 79.9. The van der Waals surface area contributed by atoms with Crippen LogP contribution in [0.3, 0.4) is 0 Å². The van der Waals surface area contributed by atoms with Crippen LogP contribution >= 0.6 is 15.9 Å². The molecule has 5 heteroatoms. The lowest BCUT2D eigenvalue weighted by Gasteiger charge is -2.11. The van der Waals surface area contributed by atoms with E-state index in [1.165, 1.54) is 0 Å². The van der Waals surface area contributed by atoms with Gasteiger partial charge in [-0.1, -0.05) is 18.2 Å². The third kappa shape index (κ3) is 1.92. The maximum absolute atomic E-state index is 7.74. The zero-order chi connectivity index (χ0) is 13.4. The highest BCUT2D eigenvalue weighted by molar-refractivity contribution is 9.10. The number of rotatable bonds is 2. The second-order valence-corrected chi connectivity index (χ2v) is 5.01.